The topological polar surface area (TPSA) is 105 Å². The summed E-state index contributed by atoms with van der Waals surface area (Å²) in [6, 6.07) is 0. The molecule has 8 heteroatoms. The summed E-state index contributed by atoms with van der Waals surface area (Å²) < 4.78 is 18.7. The number of aliphatic hydroxyl groups excluding tert-OH is 2. The lowest BCUT2D eigenvalue weighted by atomic mass is 10.2. The van der Waals surface area contributed by atoms with Crippen molar-refractivity contribution >= 4 is 0 Å². The highest BCUT2D eigenvalue weighted by Crippen LogP contribution is 2.26. The SMILES string of the molecule is O=c1[nH]cc(F)c(=O)n1[C@@H]1C[C@H](O)[C@H](CO)O1. The zero-order valence-corrected chi connectivity index (χ0v) is 8.67. The monoisotopic (exact) mass is 246 g/mol. The maximum absolute atomic E-state index is 13.0. The standard InChI is InChI=1S/C9H11FN2O5/c10-4-2-11-9(16)12(8(4)15)7-1-5(14)6(3-13)17-7/h2,5-7,13-14H,1,3H2,(H,11,16)/t5-,6-,7-/m0/s1. The van der Waals surface area contributed by atoms with Crippen molar-refractivity contribution in [3.05, 3.63) is 32.9 Å². The molecule has 0 aliphatic carbocycles. The van der Waals surface area contributed by atoms with Crippen LogP contribution in [-0.4, -0.2) is 38.6 Å². The quantitative estimate of drug-likeness (QED) is 0.578. The molecule has 94 valence electrons. The largest absolute Gasteiger partial charge is 0.394 e. The Morgan fingerprint density at radius 3 is 2.88 bits per heavy atom. The van der Waals surface area contributed by atoms with E-state index < -0.39 is 42.1 Å². The molecular weight excluding hydrogens is 235 g/mol. The summed E-state index contributed by atoms with van der Waals surface area (Å²) in [5, 5.41) is 18.3. The van der Waals surface area contributed by atoms with Crippen molar-refractivity contribution in [2.24, 2.45) is 0 Å². The first-order valence-electron chi connectivity index (χ1n) is 4.98. The minimum absolute atomic E-state index is 0.0579. The molecule has 1 aromatic rings. The molecule has 0 radical (unpaired) electrons. The number of nitrogens with one attached hydrogen (secondary N) is 1. The summed E-state index contributed by atoms with van der Waals surface area (Å²) in [7, 11) is 0. The van der Waals surface area contributed by atoms with Gasteiger partial charge in [-0.3, -0.25) is 4.79 Å². The summed E-state index contributed by atoms with van der Waals surface area (Å²) in [5.74, 6) is -1.12. The second kappa shape index (κ2) is 4.40. The van der Waals surface area contributed by atoms with Gasteiger partial charge >= 0.3 is 5.69 Å². The zero-order chi connectivity index (χ0) is 12.6. The average Bonchev–Trinajstić information content (AvgIpc) is 2.65. The second-order valence-corrected chi connectivity index (χ2v) is 3.73. The van der Waals surface area contributed by atoms with Crippen molar-refractivity contribution in [1.29, 1.82) is 0 Å². The number of aliphatic hydroxyl groups is 2. The maximum atomic E-state index is 13.0. The van der Waals surface area contributed by atoms with Crippen molar-refractivity contribution < 1.29 is 19.3 Å². The van der Waals surface area contributed by atoms with Gasteiger partial charge in [-0.2, -0.15) is 4.39 Å². The molecule has 0 unspecified atom stereocenters. The van der Waals surface area contributed by atoms with Crippen LogP contribution in [0.25, 0.3) is 0 Å². The Labute approximate surface area is 94.1 Å². The minimum Gasteiger partial charge on any atom is -0.394 e. The van der Waals surface area contributed by atoms with Gasteiger partial charge in [0.1, 0.15) is 12.3 Å². The number of nitrogens with zero attached hydrogens (tertiary/aromatic N) is 1. The fourth-order valence-corrected chi connectivity index (χ4v) is 1.76. The van der Waals surface area contributed by atoms with E-state index in [4.69, 9.17) is 9.84 Å². The summed E-state index contributed by atoms with van der Waals surface area (Å²) in [4.78, 5) is 24.9. The molecule has 0 amide bonds. The average molecular weight is 246 g/mol. The van der Waals surface area contributed by atoms with Gasteiger partial charge in [0.15, 0.2) is 0 Å². The van der Waals surface area contributed by atoms with E-state index >= 15 is 0 Å². The second-order valence-electron chi connectivity index (χ2n) is 3.73. The van der Waals surface area contributed by atoms with E-state index in [1.54, 1.807) is 0 Å². The summed E-state index contributed by atoms with van der Waals surface area (Å²) in [6.07, 6.45) is -2.35. The summed E-state index contributed by atoms with van der Waals surface area (Å²) in [5.41, 5.74) is -1.95. The molecule has 0 saturated carbocycles. The molecule has 1 aromatic heterocycles. The molecule has 3 atom stereocenters. The van der Waals surface area contributed by atoms with Gasteiger partial charge in [0, 0.05) is 12.6 Å². The molecule has 1 aliphatic heterocycles. The third-order valence-electron chi connectivity index (χ3n) is 2.64. The van der Waals surface area contributed by atoms with Gasteiger partial charge in [-0.1, -0.05) is 0 Å². The van der Waals surface area contributed by atoms with Crippen LogP contribution in [0, 0.1) is 5.82 Å². The molecular formula is C9H11FN2O5. The Hall–Kier alpha value is -1.51. The lowest BCUT2D eigenvalue weighted by Crippen LogP contribution is -2.39. The van der Waals surface area contributed by atoms with Crippen molar-refractivity contribution in [2.45, 2.75) is 24.9 Å². The van der Waals surface area contributed by atoms with Crippen LogP contribution in [0.5, 0.6) is 0 Å². The zero-order valence-electron chi connectivity index (χ0n) is 8.67. The number of aromatic amines is 1. The number of ether oxygens (including phenoxy) is 1. The van der Waals surface area contributed by atoms with Crippen LogP contribution < -0.4 is 11.2 Å². The van der Waals surface area contributed by atoms with Crippen LogP contribution in [-0.2, 0) is 4.74 Å². The highest BCUT2D eigenvalue weighted by Gasteiger charge is 2.36. The number of rotatable bonds is 2. The van der Waals surface area contributed by atoms with Gasteiger partial charge in [-0.15, -0.1) is 0 Å². The van der Waals surface area contributed by atoms with Crippen LogP contribution in [0.1, 0.15) is 12.6 Å². The first kappa shape index (κ1) is 12.0. The van der Waals surface area contributed by atoms with Crippen molar-refractivity contribution in [3.8, 4) is 0 Å². The van der Waals surface area contributed by atoms with Crippen molar-refractivity contribution in [3.63, 3.8) is 0 Å². The molecule has 3 N–H and O–H groups in total. The first-order valence-corrected chi connectivity index (χ1v) is 4.98. The predicted molar refractivity (Wildman–Crippen MR) is 52.9 cm³/mol. The summed E-state index contributed by atoms with van der Waals surface area (Å²) in [6.45, 7) is -0.445. The van der Waals surface area contributed by atoms with Gasteiger partial charge in [0.25, 0.3) is 5.56 Å². The normalized spacial score (nSPS) is 28.5. The van der Waals surface area contributed by atoms with E-state index in [2.05, 4.69) is 0 Å². The third kappa shape index (κ3) is 2.02. The number of hydrogen-bond acceptors (Lipinski definition) is 5. The van der Waals surface area contributed by atoms with Crippen LogP contribution in [0.4, 0.5) is 4.39 Å². The molecule has 1 saturated heterocycles. The van der Waals surface area contributed by atoms with Gasteiger partial charge < -0.3 is 19.9 Å². The van der Waals surface area contributed by atoms with Gasteiger partial charge in [0.05, 0.1) is 12.7 Å². The Morgan fingerprint density at radius 1 is 1.59 bits per heavy atom. The number of H-pyrrole nitrogens is 1. The molecule has 1 fully saturated rings. The van der Waals surface area contributed by atoms with Gasteiger partial charge in [-0.25, -0.2) is 9.36 Å². The lowest BCUT2D eigenvalue weighted by molar-refractivity contribution is -0.0472. The van der Waals surface area contributed by atoms with Crippen LogP contribution in [0.2, 0.25) is 0 Å². The van der Waals surface area contributed by atoms with E-state index in [9.17, 15) is 19.1 Å². The number of halogens is 1. The van der Waals surface area contributed by atoms with Crippen LogP contribution >= 0.6 is 0 Å². The lowest BCUT2D eigenvalue weighted by Gasteiger charge is -2.13. The Morgan fingerprint density at radius 2 is 2.29 bits per heavy atom. The van der Waals surface area contributed by atoms with Crippen molar-refractivity contribution in [1.82, 2.24) is 9.55 Å². The van der Waals surface area contributed by atoms with Crippen LogP contribution in [0.3, 0.4) is 0 Å². The fraction of sp³-hybridized carbons (Fsp3) is 0.556. The highest BCUT2D eigenvalue weighted by molar-refractivity contribution is 4.91. The highest BCUT2D eigenvalue weighted by atomic mass is 19.1. The molecule has 0 bridgehead atoms. The number of aromatic nitrogens is 2. The van der Waals surface area contributed by atoms with Gasteiger partial charge in [0.2, 0.25) is 5.82 Å². The van der Waals surface area contributed by atoms with E-state index in [0.717, 1.165) is 0 Å². The smallest absolute Gasteiger partial charge is 0.330 e. The molecule has 1 aliphatic rings. The van der Waals surface area contributed by atoms with Crippen LogP contribution in [0.15, 0.2) is 15.8 Å². The minimum atomic E-state index is -1.12. The maximum Gasteiger partial charge on any atom is 0.330 e. The predicted octanol–water partition coefficient (Wildman–Crippen LogP) is -1.68. The molecule has 0 spiro atoms. The van der Waals surface area contributed by atoms with Gasteiger partial charge in [-0.05, 0) is 0 Å². The van der Waals surface area contributed by atoms with E-state index in [-0.39, 0.29) is 6.42 Å². The molecule has 2 heterocycles. The molecule has 7 nitrogen and oxygen atoms in total. The molecule has 17 heavy (non-hydrogen) atoms. The summed E-state index contributed by atoms with van der Waals surface area (Å²) >= 11 is 0. The van der Waals surface area contributed by atoms with E-state index in [1.165, 1.54) is 0 Å². The van der Waals surface area contributed by atoms with Crippen molar-refractivity contribution in [2.75, 3.05) is 6.61 Å². The Bertz CT molecular complexity index is 525. The van der Waals surface area contributed by atoms with E-state index in [0.29, 0.717) is 10.8 Å². The number of hydrogen-bond donors (Lipinski definition) is 3. The third-order valence-corrected chi connectivity index (χ3v) is 2.64. The van der Waals surface area contributed by atoms with E-state index in [1.807, 2.05) is 4.98 Å². The first-order chi connectivity index (χ1) is 8.04. The molecule has 2 rings (SSSR count). The Balaban J connectivity index is 2.40. The fourth-order valence-electron chi connectivity index (χ4n) is 1.76. The molecule has 0 aromatic carbocycles. The Kier molecular flexibility index (Phi) is 3.09.